The number of aromatic nitrogens is 1. The Kier molecular flexibility index (Phi) is 3.76. The number of para-hydroxylation sites is 1. The molecule has 2 unspecified atom stereocenters. The minimum Gasteiger partial charge on any atom is -0.352 e. The van der Waals surface area contributed by atoms with Crippen molar-refractivity contribution in [2.75, 3.05) is 11.4 Å². The van der Waals surface area contributed by atoms with Crippen LogP contribution in [0.5, 0.6) is 0 Å². The number of anilines is 1. The number of pyridine rings is 1. The van der Waals surface area contributed by atoms with Crippen molar-refractivity contribution in [3.63, 3.8) is 0 Å². The van der Waals surface area contributed by atoms with Gasteiger partial charge in [0.2, 0.25) is 0 Å². The van der Waals surface area contributed by atoms with Gasteiger partial charge in [-0.1, -0.05) is 18.2 Å². The predicted octanol–water partition coefficient (Wildman–Crippen LogP) is 2.81. The predicted molar refractivity (Wildman–Crippen MR) is 85.1 cm³/mol. The minimum atomic E-state index is 0.101. The van der Waals surface area contributed by atoms with Crippen LogP contribution in [0.15, 0.2) is 30.3 Å². The van der Waals surface area contributed by atoms with E-state index in [1.54, 1.807) is 0 Å². The highest BCUT2D eigenvalue weighted by Crippen LogP contribution is 2.28. The fourth-order valence-electron chi connectivity index (χ4n) is 3.19. The number of nitrogens with two attached hydrogens (primary N) is 1. The fourth-order valence-corrected chi connectivity index (χ4v) is 3.19. The van der Waals surface area contributed by atoms with Crippen LogP contribution in [0.4, 0.5) is 5.82 Å². The van der Waals surface area contributed by atoms with Crippen LogP contribution in [0, 0.1) is 11.3 Å². The average Bonchev–Trinajstić information content (AvgIpc) is 2.53. The number of hydrogen-bond acceptors (Lipinski definition) is 4. The molecule has 1 aromatic heterocycles. The van der Waals surface area contributed by atoms with Gasteiger partial charge in [-0.3, -0.25) is 0 Å². The highest BCUT2D eigenvalue weighted by atomic mass is 15.2. The zero-order valence-corrected chi connectivity index (χ0v) is 12.3. The lowest BCUT2D eigenvalue weighted by atomic mass is 9.96. The van der Waals surface area contributed by atoms with E-state index in [4.69, 9.17) is 10.7 Å². The van der Waals surface area contributed by atoms with E-state index in [2.05, 4.69) is 17.9 Å². The molecule has 2 N–H and O–H groups in total. The second kappa shape index (κ2) is 5.71. The van der Waals surface area contributed by atoms with E-state index in [1.807, 2.05) is 30.3 Å². The first kappa shape index (κ1) is 13.8. The van der Waals surface area contributed by atoms with Crippen molar-refractivity contribution in [2.24, 2.45) is 5.73 Å². The molecule has 2 heterocycles. The summed E-state index contributed by atoms with van der Waals surface area (Å²) in [7, 11) is 0. The Morgan fingerprint density at radius 3 is 2.95 bits per heavy atom. The fraction of sp³-hybridized carbons (Fsp3) is 0.412. The van der Waals surface area contributed by atoms with Crippen molar-refractivity contribution in [1.82, 2.24) is 4.98 Å². The van der Waals surface area contributed by atoms with Gasteiger partial charge in [0, 0.05) is 24.0 Å². The van der Waals surface area contributed by atoms with Crippen LogP contribution in [0.3, 0.4) is 0 Å². The summed E-state index contributed by atoms with van der Waals surface area (Å²) in [4.78, 5) is 7.04. The number of rotatable bonds is 2. The molecule has 1 saturated heterocycles. The zero-order valence-electron chi connectivity index (χ0n) is 12.3. The Morgan fingerprint density at radius 1 is 1.38 bits per heavy atom. The van der Waals surface area contributed by atoms with Crippen molar-refractivity contribution in [1.29, 1.82) is 5.26 Å². The summed E-state index contributed by atoms with van der Waals surface area (Å²) in [5.74, 6) is 0.882. The van der Waals surface area contributed by atoms with Crippen molar-refractivity contribution in [3.05, 3.63) is 35.9 Å². The lowest BCUT2D eigenvalue weighted by Gasteiger charge is -2.39. The van der Waals surface area contributed by atoms with E-state index in [9.17, 15) is 5.26 Å². The highest BCUT2D eigenvalue weighted by molar-refractivity contribution is 5.86. The van der Waals surface area contributed by atoms with Gasteiger partial charge >= 0.3 is 0 Å². The number of hydrogen-bond donors (Lipinski definition) is 1. The maximum absolute atomic E-state index is 9.41. The number of fused-ring (bicyclic) bond motifs is 1. The standard InChI is InChI=1S/C17H20N4/c1-12(19)16-8-4-5-9-21(16)17-10-13(11-18)14-6-2-3-7-15(14)20-17/h2-3,6-7,10,12,16H,4-5,8-9,19H2,1H3. The molecular weight excluding hydrogens is 260 g/mol. The van der Waals surface area contributed by atoms with Crippen LogP contribution in [0.1, 0.15) is 31.7 Å². The van der Waals surface area contributed by atoms with Crippen molar-refractivity contribution in [3.8, 4) is 6.07 Å². The number of nitrogens with zero attached hydrogens (tertiary/aromatic N) is 3. The van der Waals surface area contributed by atoms with Gasteiger partial charge in [0.05, 0.1) is 17.1 Å². The average molecular weight is 280 g/mol. The van der Waals surface area contributed by atoms with Crippen LogP contribution in [0.25, 0.3) is 10.9 Å². The molecule has 0 spiro atoms. The van der Waals surface area contributed by atoms with Crippen LogP contribution in [-0.4, -0.2) is 23.6 Å². The molecular formula is C17H20N4. The van der Waals surface area contributed by atoms with Crippen LogP contribution < -0.4 is 10.6 Å². The molecule has 21 heavy (non-hydrogen) atoms. The maximum atomic E-state index is 9.41. The largest absolute Gasteiger partial charge is 0.352 e. The van der Waals surface area contributed by atoms with E-state index in [-0.39, 0.29) is 6.04 Å². The number of nitriles is 1. The van der Waals surface area contributed by atoms with Gasteiger partial charge in [-0.15, -0.1) is 0 Å². The topological polar surface area (TPSA) is 65.9 Å². The number of benzene rings is 1. The molecule has 1 aliphatic heterocycles. The summed E-state index contributed by atoms with van der Waals surface area (Å²) in [5.41, 5.74) is 7.70. The number of piperidine rings is 1. The molecule has 1 aromatic carbocycles. The molecule has 1 aliphatic rings. The third kappa shape index (κ3) is 2.57. The van der Waals surface area contributed by atoms with Gasteiger partial charge in [0.25, 0.3) is 0 Å². The molecule has 1 fully saturated rings. The molecule has 108 valence electrons. The van der Waals surface area contributed by atoms with Gasteiger partial charge in [0.15, 0.2) is 0 Å². The van der Waals surface area contributed by atoms with E-state index in [0.29, 0.717) is 11.6 Å². The van der Waals surface area contributed by atoms with Crippen molar-refractivity contribution < 1.29 is 0 Å². The van der Waals surface area contributed by atoms with Gasteiger partial charge in [-0.25, -0.2) is 4.98 Å². The van der Waals surface area contributed by atoms with Crippen LogP contribution >= 0.6 is 0 Å². The van der Waals surface area contributed by atoms with Crippen LogP contribution in [0.2, 0.25) is 0 Å². The monoisotopic (exact) mass is 280 g/mol. The third-order valence-electron chi connectivity index (χ3n) is 4.27. The zero-order chi connectivity index (χ0) is 14.8. The summed E-state index contributed by atoms with van der Waals surface area (Å²) >= 11 is 0. The Hall–Kier alpha value is -2.12. The second-order valence-electron chi connectivity index (χ2n) is 5.77. The van der Waals surface area contributed by atoms with Crippen molar-refractivity contribution in [2.45, 2.75) is 38.3 Å². The SMILES string of the molecule is CC(N)C1CCCCN1c1cc(C#N)c2ccccc2n1. The molecule has 4 heteroatoms. The summed E-state index contributed by atoms with van der Waals surface area (Å²) in [6.07, 6.45) is 3.45. The Balaban J connectivity index is 2.09. The summed E-state index contributed by atoms with van der Waals surface area (Å²) < 4.78 is 0. The first-order valence-electron chi connectivity index (χ1n) is 7.53. The van der Waals surface area contributed by atoms with E-state index < -0.39 is 0 Å². The third-order valence-corrected chi connectivity index (χ3v) is 4.27. The van der Waals surface area contributed by atoms with E-state index in [0.717, 1.165) is 36.1 Å². The molecule has 0 saturated carbocycles. The highest BCUT2D eigenvalue weighted by Gasteiger charge is 2.27. The Labute approximate surface area is 125 Å². The first-order chi connectivity index (χ1) is 10.2. The van der Waals surface area contributed by atoms with Gasteiger partial charge in [0.1, 0.15) is 5.82 Å². The maximum Gasteiger partial charge on any atom is 0.130 e. The summed E-state index contributed by atoms with van der Waals surface area (Å²) in [6.45, 7) is 3.01. The Bertz CT molecular complexity index is 687. The normalized spacial score (nSPS) is 20.2. The summed E-state index contributed by atoms with van der Waals surface area (Å²) in [5, 5.41) is 10.3. The van der Waals surface area contributed by atoms with Crippen LogP contribution in [-0.2, 0) is 0 Å². The molecule has 0 amide bonds. The lowest BCUT2D eigenvalue weighted by molar-refractivity contribution is 0.411. The van der Waals surface area contributed by atoms with Gasteiger partial charge in [-0.2, -0.15) is 5.26 Å². The molecule has 0 bridgehead atoms. The lowest BCUT2D eigenvalue weighted by Crippen LogP contribution is -2.49. The Morgan fingerprint density at radius 2 is 2.19 bits per heavy atom. The van der Waals surface area contributed by atoms with E-state index >= 15 is 0 Å². The quantitative estimate of drug-likeness (QED) is 0.918. The first-order valence-corrected chi connectivity index (χ1v) is 7.53. The molecule has 3 rings (SSSR count). The minimum absolute atomic E-state index is 0.101. The second-order valence-corrected chi connectivity index (χ2v) is 5.77. The molecule has 0 aliphatic carbocycles. The molecule has 2 atom stereocenters. The van der Waals surface area contributed by atoms with Gasteiger partial charge < -0.3 is 10.6 Å². The summed E-state index contributed by atoms with van der Waals surface area (Å²) in [6, 6.07) is 12.4. The van der Waals surface area contributed by atoms with Gasteiger partial charge in [-0.05, 0) is 38.3 Å². The molecule has 2 aromatic rings. The molecule has 4 nitrogen and oxygen atoms in total. The smallest absolute Gasteiger partial charge is 0.130 e. The van der Waals surface area contributed by atoms with E-state index in [1.165, 1.54) is 6.42 Å². The molecule has 0 radical (unpaired) electrons. The van der Waals surface area contributed by atoms with Crippen molar-refractivity contribution >= 4 is 16.7 Å².